The quantitative estimate of drug-likeness (QED) is 0.786. The molecule has 1 fully saturated rings. The van der Waals surface area contributed by atoms with Crippen molar-refractivity contribution >= 4 is 47.5 Å². The van der Waals surface area contributed by atoms with Crippen molar-refractivity contribution < 1.29 is 0 Å². The van der Waals surface area contributed by atoms with Crippen LogP contribution in [0.15, 0.2) is 24.4 Å². The summed E-state index contributed by atoms with van der Waals surface area (Å²) in [7, 11) is 0. The van der Waals surface area contributed by atoms with Crippen molar-refractivity contribution in [3.05, 3.63) is 35.5 Å². The molecule has 0 unspecified atom stereocenters. The van der Waals surface area contributed by atoms with E-state index in [0.29, 0.717) is 6.04 Å². The highest BCUT2D eigenvalue weighted by molar-refractivity contribution is 7.98. The van der Waals surface area contributed by atoms with Gasteiger partial charge in [0.1, 0.15) is 0 Å². The molecule has 1 aliphatic carbocycles. The predicted molar refractivity (Wildman–Crippen MR) is 111 cm³/mol. The number of hydrogen-bond acceptors (Lipinski definition) is 2. The zero-order valence-corrected chi connectivity index (χ0v) is 16.9. The molecule has 2 aliphatic rings. The van der Waals surface area contributed by atoms with E-state index in [0.717, 1.165) is 11.8 Å². The summed E-state index contributed by atoms with van der Waals surface area (Å²) in [5, 5.41) is 1.53. The first kappa shape index (κ1) is 20.0. The van der Waals surface area contributed by atoms with Crippen molar-refractivity contribution in [2.24, 2.45) is 5.92 Å². The van der Waals surface area contributed by atoms with Crippen molar-refractivity contribution in [1.82, 2.24) is 9.88 Å². The summed E-state index contributed by atoms with van der Waals surface area (Å²) in [5.74, 6) is 2.88. The Bertz CT molecular complexity index is 672. The van der Waals surface area contributed by atoms with Crippen LogP contribution < -0.4 is 0 Å². The molecule has 2 nitrogen and oxygen atoms in total. The molecule has 0 amide bonds. The summed E-state index contributed by atoms with van der Waals surface area (Å²) >= 11 is 2.01. The van der Waals surface area contributed by atoms with Crippen molar-refractivity contribution in [3.63, 3.8) is 0 Å². The van der Waals surface area contributed by atoms with Crippen molar-refractivity contribution in [1.29, 1.82) is 0 Å². The average Bonchev–Trinajstić information content (AvgIpc) is 2.94. The standard InChI is InChI=1S/C19H26N2S.2ClH/c1-3-7-21-11-13(12-22-2)8-16-15-5-4-6-17-19(15)14(10-20-17)9-18(16)21;;/h4-6,10,13,16,18,20H,3,7-9,11-12H2,1-2H3;2*1H/t13-,16-,18-;;/m1../s1. The average molecular weight is 387 g/mol. The van der Waals surface area contributed by atoms with Crippen LogP contribution in [0, 0.1) is 5.92 Å². The molecular weight excluding hydrogens is 359 g/mol. The molecule has 4 rings (SSSR count). The molecule has 1 saturated heterocycles. The second-order valence-electron chi connectivity index (χ2n) is 7.01. The molecule has 24 heavy (non-hydrogen) atoms. The molecule has 0 bridgehead atoms. The Hall–Kier alpha value is -0.350. The van der Waals surface area contributed by atoms with E-state index in [1.165, 1.54) is 54.6 Å². The molecule has 134 valence electrons. The van der Waals surface area contributed by atoms with Crippen LogP contribution in [0.2, 0.25) is 0 Å². The molecule has 2 aromatic rings. The van der Waals surface area contributed by atoms with E-state index in [1.54, 1.807) is 5.56 Å². The molecule has 1 N–H and O–H groups in total. The fraction of sp³-hybridized carbons (Fsp3) is 0.579. The number of piperidine rings is 1. The van der Waals surface area contributed by atoms with E-state index >= 15 is 0 Å². The predicted octanol–water partition coefficient (Wildman–Crippen LogP) is 5.11. The van der Waals surface area contributed by atoms with Gasteiger partial charge in [0.2, 0.25) is 0 Å². The van der Waals surface area contributed by atoms with E-state index in [4.69, 9.17) is 0 Å². The number of nitrogens with one attached hydrogen (secondary N) is 1. The first-order chi connectivity index (χ1) is 10.8. The number of hydrogen-bond donors (Lipinski definition) is 1. The number of H-pyrrole nitrogens is 1. The van der Waals surface area contributed by atoms with Crippen LogP contribution in [0.5, 0.6) is 0 Å². The minimum Gasteiger partial charge on any atom is -0.361 e. The Kier molecular flexibility index (Phi) is 6.95. The molecular formula is C19H28Cl2N2S. The van der Waals surface area contributed by atoms with Crippen LogP contribution in [0.4, 0.5) is 0 Å². The molecule has 0 radical (unpaired) electrons. The number of aromatic amines is 1. The van der Waals surface area contributed by atoms with Gasteiger partial charge < -0.3 is 4.98 Å². The summed E-state index contributed by atoms with van der Waals surface area (Å²) in [4.78, 5) is 6.29. The van der Waals surface area contributed by atoms with Gasteiger partial charge in [0, 0.05) is 35.6 Å². The van der Waals surface area contributed by atoms with Gasteiger partial charge >= 0.3 is 0 Å². The van der Waals surface area contributed by atoms with Gasteiger partial charge in [0.05, 0.1) is 0 Å². The van der Waals surface area contributed by atoms with Gasteiger partial charge in [0.15, 0.2) is 0 Å². The van der Waals surface area contributed by atoms with Gasteiger partial charge in [0.25, 0.3) is 0 Å². The fourth-order valence-electron chi connectivity index (χ4n) is 4.80. The zero-order valence-electron chi connectivity index (χ0n) is 14.5. The molecule has 2 heterocycles. The van der Waals surface area contributed by atoms with Gasteiger partial charge in [-0.2, -0.15) is 11.8 Å². The van der Waals surface area contributed by atoms with E-state index in [-0.39, 0.29) is 24.8 Å². The normalized spacial score (nSPS) is 25.7. The Labute approximate surface area is 162 Å². The lowest BCUT2D eigenvalue weighted by Gasteiger charge is -2.47. The zero-order chi connectivity index (χ0) is 15.1. The second-order valence-corrected chi connectivity index (χ2v) is 7.92. The van der Waals surface area contributed by atoms with Crippen LogP contribution in [-0.2, 0) is 6.42 Å². The number of thioether (sulfide) groups is 1. The van der Waals surface area contributed by atoms with Gasteiger partial charge in [-0.05, 0) is 60.9 Å². The monoisotopic (exact) mass is 386 g/mol. The number of fused-ring (bicyclic) bond motifs is 2. The Balaban J connectivity index is 0.00000104. The van der Waals surface area contributed by atoms with Gasteiger partial charge in [-0.3, -0.25) is 4.90 Å². The summed E-state index contributed by atoms with van der Waals surface area (Å²) in [6, 6.07) is 7.58. The number of nitrogens with zero attached hydrogens (tertiary/aromatic N) is 1. The third kappa shape index (κ3) is 3.33. The van der Waals surface area contributed by atoms with Crippen molar-refractivity contribution in [2.75, 3.05) is 25.1 Å². The third-order valence-electron chi connectivity index (χ3n) is 5.57. The van der Waals surface area contributed by atoms with Crippen LogP contribution in [0.25, 0.3) is 10.9 Å². The van der Waals surface area contributed by atoms with E-state index < -0.39 is 0 Å². The maximum Gasteiger partial charge on any atom is 0.0459 e. The highest BCUT2D eigenvalue weighted by Gasteiger charge is 2.40. The van der Waals surface area contributed by atoms with Crippen molar-refractivity contribution in [2.45, 2.75) is 38.1 Å². The van der Waals surface area contributed by atoms with Crippen LogP contribution >= 0.6 is 36.6 Å². The third-order valence-corrected chi connectivity index (χ3v) is 6.38. The molecule has 3 atom stereocenters. The van der Waals surface area contributed by atoms with Gasteiger partial charge in [-0.1, -0.05) is 19.1 Å². The molecule has 0 spiro atoms. The summed E-state index contributed by atoms with van der Waals surface area (Å²) < 4.78 is 0. The van der Waals surface area contributed by atoms with Crippen molar-refractivity contribution in [3.8, 4) is 0 Å². The molecule has 1 aliphatic heterocycles. The molecule has 1 aromatic heterocycles. The summed E-state index contributed by atoms with van der Waals surface area (Å²) in [6.45, 7) is 4.87. The largest absolute Gasteiger partial charge is 0.361 e. The Morgan fingerprint density at radius 3 is 2.88 bits per heavy atom. The fourth-order valence-corrected chi connectivity index (χ4v) is 5.51. The Morgan fingerprint density at radius 2 is 2.12 bits per heavy atom. The smallest absolute Gasteiger partial charge is 0.0459 e. The number of benzene rings is 1. The lowest BCUT2D eigenvalue weighted by atomic mass is 9.72. The summed E-state index contributed by atoms with van der Waals surface area (Å²) in [5.41, 5.74) is 4.48. The maximum atomic E-state index is 3.49. The second kappa shape index (κ2) is 8.35. The molecule has 5 heteroatoms. The van der Waals surface area contributed by atoms with Crippen LogP contribution in [-0.4, -0.2) is 41.0 Å². The number of aromatic nitrogens is 1. The molecule has 1 aromatic carbocycles. The van der Waals surface area contributed by atoms with Gasteiger partial charge in [-0.25, -0.2) is 0 Å². The molecule has 0 saturated carbocycles. The van der Waals surface area contributed by atoms with E-state index in [2.05, 4.69) is 47.5 Å². The van der Waals surface area contributed by atoms with Crippen LogP contribution in [0.3, 0.4) is 0 Å². The number of rotatable bonds is 4. The lowest BCUT2D eigenvalue weighted by Crippen LogP contribution is -2.50. The topological polar surface area (TPSA) is 19.0 Å². The van der Waals surface area contributed by atoms with Gasteiger partial charge in [-0.15, -0.1) is 24.8 Å². The minimum absolute atomic E-state index is 0. The van der Waals surface area contributed by atoms with Crippen LogP contribution in [0.1, 0.15) is 36.8 Å². The van der Waals surface area contributed by atoms with E-state index in [1.807, 2.05) is 11.8 Å². The van der Waals surface area contributed by atoms with E-state index in [9.17, 15) is 0 Å². The SMILES string of the molecule is CCCN1C[C@H](CSC)C[C@@H]2c3cccc4[nH]cc(c34)C[C@H]21.Cl.Cl. The Morgan fingerprint density at radius 1 is 1.29 bits per heavy atom. The number of likely N-dealkylation sites (tertiary alicyclic amines) is 1. The summed E-state index contributed by atoms with van der Waals surface area (Å²) in [6.07, 6.45) is 8.37. The minimum atomic E-state index is 0. The maximum absolute atomic E-state index is 3.49. The highest BCUT2D eigenvalue weighted by Crippen LogP contribution is 2.45. The number of halogens is 2. The first-order valence-corrected chi connectivity index (χ1v) is 10.0. The highest BCUT2D eigenvalue weighted by atomic mass is 35.5. The first-order valence-electron chi connectivity index (χ1n) is 8.63. The lowest BCUT2D eigenvalue weighted by molar-refractivity contribution is 0.0926.